The lowest BCUT2D eigenvalue weighted by Crippen LogP contribution is -2.26. The SMILES string of the molecule is CCN(CC)c1nc(NN)nc(NCCOCCO)n1. The first-order chi connectivity index (χ1) is 9.74. The number of nitrogens with two attached hydrogens (primary N) is 1. The Bertz CT molecular complexity index is 387. The van der Waals surface area contributed by atoms with Gasteiger partial charge < -0.3 is 20.1 Å². The van der Waals surface area contributed by atoms with Crippen molar-refractivity contribution >= 4 is 17.8 Å². The van der Waals surface area contributed by atoms with E-state index in [2.05, 4.69) is 25.7 Å². The molecule has 0 atom stereocenters. The third-order valence-electron chi connectivity index (χ3n) is 2.56. The van der Waals surface area contributed by atoms with Crippen molar-refractivity contribution in [1.29, 1.82) is 0 Å². The fourth-order valence-electron chi connectivity index (χ4n) is 1.56. The van der Waals surface area contributed by atoms with Crippen LogP contribution in [0.4, 0.5) is 17.8 Å². The highest BCUT2D eigenvalue weighted by Crippen LogP contribution is 2.12. The molecule has 114 valence electrons. The molecule has 0 fully saturated rings. The first kappa shape index (κ1) is 16.3. The monoisotopic (exact) mass is 285 g/mol. The van der Waals surface area contributed by atoms with Crippen molar-refractivity contribution in [2.75, 3.05) is 55.1 Å². The van der Waals surface area contributed by atoms with E-state index in [0.717, 1.165) is 13.1 Å². The van der Waals surface area contributed by atoms with Crippen LogP contribution < -0.4 is 21.5 Å². The molecule has 1 aromatic rings. The number of aromatic nitrogens is 3. The number of hydrazine groups is 1. The van der Waals surface area contributed by atoms with E-state index in [1.165, 1.54) is 0 Å². The van der Waals surface area contributed by atoms with E-state index < -0.39 is 0 Å². The summed E-state index contributed by atoms with van der Waals surface area (Å²) in [5.41, 5.74) is 2.43. The number of aliphatic hydroxyl groups excluding tert-OH is 1. The molecule has 20 heavy (non-hydrogen) atoms. The van der Waals surface area contributed by atoms with Gasteiger partial charge in [0.25, 0.3) is 0 Å². The van der Waals surface area contributed by atoms with E-state index in [4.69, 9.17) is 15.7 Å². The van der Waals surface area contributed by atoms with E-state index >= 15 is 0 Å². The van der Waals surface area contributed by atoms with Crippen LogP contribution in [0.1, 0.15) is 13.8 Å². The van der Waals surface area contributed by atoms with Gasteiger partial charge >= 0.3 is 0 Å². The topological polar surface area (TPSA) is 121 Å². The average Bonchev–Trinajstić information content (AvgIpc) is 2.48. The summed E-state index contributed by atoms with van der Waals surface area (Å²) in [6.07, 6.45) is 0. The number of nitrogen functional groups attached to an aromatic ring is 1. The Kier molecular flexibility index (Phi) is 7.55. The number of hydrogen-bond acceptors (Lipinski definition) is 9. The number of hydrogen-bond donors (Lipinski definition) is 4. The normalized spacial score (nSPS) is 10.4. The Morgan fingerprint density at radius 1 is 1.15 bits per heavy atom. The number of ether oxygens (including phenoxy) is 1. The van der Waals surface area contributed by atoms with Crippen LogP contribution in [0.3, 0.4) is 0 Å². The number of anilines is 3. The van der Waals surface area contributed by atoms with Gasteiger partial charge in [-0.3, -0.25) is 5.43 Å². The number of nitrogens with one attached hydrogen (secondary N) is 2. The second kappa shape index (κ2) is 9.23. The van der Waals surface area contributed by atoms with Crippen LogP contribution in [-0.2, 0) is 4.74 Å². The smallest absolute Gasteiger partial charge is 0.243 e. The van der Waals surface area contributed by atoms with Crippen molar-refractivity contribution in [1.82, 2.24) is 15.0 Å². The zero-order chi connectivity index (χ0) is 14.8. The van der Waals surface area contributed by atoms with Gasteiger partial charge in [0, 0.05) is 19.6 Å². The van der Waals surface area contributed by atoms with Crippen LogP contribution in [0.2, 0.25) is 0 Å². The predicted molar refractivity (Wildman–Crippen MR) is 77.6 cm³/mol. The Balaban J connectivity index is 2.67. The molecule has 0 amide bonds. The van der Waals surface area contributed by atoms with Gasteiger partial charge in [-0.2, -0.15) is 15.0 Å². The van der Waals surface area contributed by atoms with E-state index in [9.17, 15) is 0 Å². The second-order valence-corrected chi connectivity index (χ2v) is 3.86. The lowest BCUT2D eigenvalue weighted by molar-refractivity contribution is 0.0991. The molecule has 0 spiro atoms. The lowest BCUT2D eigenvalue weighted by Gasteiger charge is -2.19. The van der Waals surface area contributed by atoms with Crippen molar-refractivity contribution in [3.05, 3.63) is 0 Å². The highest BCUT2D eigenvalue weighted by molar-refractivity contribution is 5.43. The van der Waals surface area contributed by atoms with E-state index in [-0.39, 0.29) is 6.61 Å². The zero-order valence-corrected chi connectivity index (χ0v) is 12.0. The molecule has 1 heterocycles. The van der Waals surface area contributed by atoms with Gasteiger partial charge in [0.15, 0.2) is 0 Å². The maximum Gasteiger partial charge on any atom is 0.243 e. The first-order valence-electron chi connectivity index (χ1n) is 6.65. The summed E-state index contributed by atoms with van der Waals surface area (Å²) in [4.78, 5) is 14.7. The zero-order valence-electron chi connectivity index (χ0n) is 12.0. The fourth-order valence-corrected chi connectivity index (χ4v) is 1.56. The van der Waals surface area contributed by atoms with Crippen molar-refractivity contribution in [3.63, 3.8) is 0 Å². The molecule has 0 radical (unpaired) electrons. The third-order valence-corrected chi connectivity index (χ3v) is 2.56. The van der Waals surface area contributed by atoms with Crippen molar-refractivity contribution in [2.45, 2.75) is 13.8 Å². The summed E-state index contributed by atoms with van der Waals surface area (Å²) in [5.74, 6) is 6.67. The minimum atomic E-state index is 0.0130. The van der Waals surface area contributed by atoms with Crippen LogP contribution in [0.5, 0.6) is 0 Å². The molecular weight excluding hydrogens is 262 g/mol. The number of aliphatic hydroxyl groups is 1. The number of rotatable bonds is 10. The maximum absolute atomic E-state index is 8.60. The Morgan fingerprint density at radius 3 is 2.45 bits per heavy atom. The van der Waals surface area contributed by atoms with E-state index in [1.54, 1.807) is 0 Å². The molecule has 0 unspecified atom stereocenters. The van der Waals surface area contributed by atoms with Gasteiger partial charge in [-0.15, -0.1) is 0 Å². The average molecular weight is 285 g/mol. The van der Waals surface area contributed by atoms with Gasteiger partial charge in [0.1, 0.15) is 0 Å². The number of nitrogens with zero attached hydrogens (tertiary/aromatic N) is 4. The van der Waals surface area contributed by atoms with Gasteiger partial charge in [-0.25, -0.2) is 5.84 Å². The van der Waals surface area contributed by atoms with Crippen molar-refractivity contribution < 1.29 is 9.84 Å². The summed E-state index contributed by atoms with van der Waals surface area (Å²) in [5, 5.41) is 11.6. The quantitative estimate of drug-likeness (QED) is 0.254. The Hall–Kier alpha value is -1.71. The molecule has 9 heteroatoms. The predicted octanol–water partition coefficient (Wildman–Crippen LogP) is -0.576. The largest absolute Gasteiger partial charge is 0.394 e. The first-order valence-corrected chi connectivity index (χ1v) is 6.65. The molecule has 1 rings (SSSR count). The van der Waals surface area contributed by atoms with Gasteiger partial charge in [0.05, 0.1) is 19.8 Å². The van der Waals surface area contributed by atoms with Crippen LogP contribution in [-0.4, -0.2) is 59.5 Å². The van der Waals surface area contributed by atoms with Gasteiger partial charge in [0.2, 0.25) is 17.8 Å². The maximum atomic E-state index is 8.60. The molecular formula is C11H23N7O2. The third kappa shape index (κ3) is 5.11. The Labute approximate surface area is 118 Å². The van der Waals surface area contributed by atoms with Gasteiger partial charge in [-0.05, 0) is 13.8 Å². The standard InChI is InChI=1S/C11H23N7O2/c1-3-18(4-2)11-15-9(14-10(16-11)17-12)13-5-7-20-8-6-19/h19H,3-8,12H2,1-2H3,(H2,13,14,15,16,17). The molecule has 0 saturated carbocycles. The van der Waals surface area contributed by atoms with Crippen LogP contribution in [0.25, 0.3) is 0 Å². The second-order valence-electron chi connectivity index (χ2n) is 3.86. The fraction of sp³-hybridized carbons (Fsp3) is 0.727. The molecule has 0 aliphatic rings. The van der Waals surface area contributed by atoms with Crippen LogP contribution in [0, 0.1) is 0 Å². The van der Waals surface area contributed by atoms with E-state index in [0.29, 0.717) is 37.6 Å². The molecule has 0 aliphatic carbocycles. The minimum Gasteiger partial charge on any atom is -0.394 e. The molecule has 1 aromatic heterocycles. The van der Waals surface area contributed by atoms with Crippen LogP contribution in [0.15, 0.2) is 0 Å². The van der Waals surface area contributed by atoms with E-state index in [1.807, 2.05) is 18.7 Å². The summed E-state index contributed by atoms with van der Waals surface area (Å²) in [7, 11) is 0. The van der Waals surface area contributed by atoms with Crippen molar-refractivity contribution in [3.8, 4) is 0 Å². The minimum absolute atomic E-state index is 0.0130. The van der Waals surface area contributed by atoms with Gasteiger partial charge in [-0.1, -0.05) is 0 Å². The van der Waals surface area contributed by atoms with Crippen molar-refractivity contribution in [2.24, 2.45) is 5.84 Å². The summed E-state index contributed by atoms with van der Waals surface area (Å²) >= 11 is 0. The summed E-state index contributed by atoms with van der Waals surface area (Å²) in [6.45, 7) is 6.97. The highest BCUT2D eigenvalue weighted by atomic mass is 16.5. The Morgan fingerprint density at radius 2 is 1.85 bits per heavy atom. The molecule has 5 N–H and O–H groups in total. The molecule has 0 aliphatic heterocycles. The molecule has 0 aromatic carbocycles. The van der Waals surface area contributed by atoms with Crippen LogP contribution >= 0.6 is 0 Å². The molecule has 0 bridgehead atoms. The summed E-state index contributed by atoms with van der Waals surface area (Å²) in [6, 6.07) is 0. The summed E-state index contributed by atoms with van der Waals surface area (Å²) < 4.78 is 5.15. The highest BCUT2D eigenvalue weighted by Gasteiger charge is 2.10. The molecule has 9 nitrogen and oxygen atoms in total. The molecule has 0 saturated heterocycles. The lowest BCUT2D eigenvalue weighted by atomic mass is 10.5.